The van der Waals surface area contributed by atoms with E-state index in [0.29, 0.717) is 24.5 Å². The molecule has 1 unspecified atom stereocenters. The fourth-order valence-corrected chi connectivity index (χ4v) is 4.29. The first-order valence-corrected chi connectivity index (χ1v) is 10.6. The van der Waals surface area contributed by atoms with Crippen LogP contribution in [-0.2, 0) is 11.2 Å². The van der Waals surface area contributed by atoms with Crippen LogP contribution in [0.4, 0.5) is 0 Å². The number of fused-ring (bicyclic) bond motifs is 1. The Morgan fingerprint density at radius 3 is 2.77 bits per heavy atom. The van der Waals surface area contributed by atoms with E-state index in [2.05, 4.69) is 4.98 Å². The number of aromatic amines is 1. The predicted octanol–water partition coefficient (Wildman–Crippen LogP) is 5.48. The first-order valence-electron chi connectivity index (χ1n) is 10.6. The number of carbonyl (C=O) groups is 2. The third-order valence-electron chi connectivity index (χ3n) is 6.11. The van der Waals surface area contributed by atoms with Crippen LogP contribution in [0.5, 0.6) is 5.75 Å². The van der Waals surface area contributed by atoms with E-state index in [1.165, 1.54) is 25.7 Å². The monoisotopic (exact) mass is 405 g/mol. The van der Waals surface area contributed by atoms with Gasteiger partial charge in [0.05, 0.1) is 12.5 Å². The molecule has 1 aliphatic rings. The lowest BCUT2D eigenvalue weighted by molar-refractivity contribution is -0.141. The molecule has 5 nitrogen and oxygen atoms in total. The maximum Gasteiger partial charge on any atom is 0.306 e. The molecule has 2 aromatic carbocycles. The van der Waals surface area contributed by atoms with Crippen molar-refractivity contribution in [1.29, 1.82) is 0 Å². The number of rotatable bonds is 8. The van der Waals surface area contributed by atoms with Crippen LogP contribution in [0.25, 0.3) is 22.0 Å². The van der Waals surface area contributed by atoms with Gasteiger partial charge in [0.15, 0.2) is 6.29 Å². The molecule has 0 aliphatic heterocycles. The second-order valence-corrected chi connectivity index (χ2v) is 8.36. The fourth-order valence-electron chi connectivity index (χ4n) is 4.29. The lowest BCUT2D eigenvalue weighted by Gasteiger charge is -2.17. The van der Waals surface area contributed by atoms with Gasteiger partial charge in [-0.15, -0.1) is 0 Å². The highest BCUT2D eigenvalue weighted by Gasteiger charge is 2.18. The lowest BCUT2D eigenvalue weighted by atomic mass is 9.95. The SMILES string of the molecule is CC(Cc1ccc(OCC2CCCC2)c(-c2ccc3[nH]cc(C=O)c3c2)c1)C(=O)O. The number of ether oxygens (including phenoxy) is 1. The number of carboxylic acids is 1. The molecule has 0 radical (unpaired) electrons. The Morgan fingerprint density at radius 2 is 2.03 bits per heavy atom. The summed E-state index contributed by atoms with van der Waals surface area (Å²) in [5, 5.41) is 10.1. The molecular weight excluding hydrogens is 378 g/mol. The maximum absolute atomic E-state index is 11.4. The van der Waals surface area contributed by atoms with Gasteiger partial charge in [-0.3, -0.25) is 9.59 Å². The highest BCUT2D eigenvalue weighted by atomic mass is 16.5. The molecular formula is C25H27NO4. The number of H-pyrrole nitrogens is 1. The van der Waals surface area contributed by atoms with E-state index < -0.39 is 11.9 Å². The minimum absolute atomic E-state index is 0.456. The molecule has 1 saturated carbocycles. The van der Waals surface area contributed by atoms with Gasteiger partial charge in [0, 0.05) is 28.2 Å². The lowest BCUT2D eigenvalue weighted by Crippen LogP contribution is -2.12. The van der Waals surface area contributed by atoms with E-state index in [4.69, 9.17) is 4.74 Å². The van der Waals surface area contributed by atoms with Crippen LogP contribution >= 0.6 is 0 Å². The number of hydrogen-bond donors (Lipinski definition) is 2. The molecule has 3 aromatic rings. The quantitative estimate of drug-likeness (QED) is 0.486. The first-order chi connectivity index (χ1) is 14.5. The van der Waals surface area contributed by atoms with Crippen molar-refractivity contribution in [3.8, 4) is 16.9 Å². The number of carboxylic acid groups (broad SMARTS) is 1. The molecule has 1 aromatic heterocycles. The largest absolute Gasteiger partial charge is 0.493 e. The van der Waals surface area contributed by atoms with Crippen LogP contribution in [0.2, 0.25) is 0 Å². The van der Waals surface area contributed by atoms with Crippen LogP contribution in [-0.4, -0.2) is 29.0 Å². The third-order valence-corrected chi connectivity index (χ3v) is 6.11. The van der Waals surface area contributed by atoms with Crippen molar-refractivity contribution in [2.24, 2.45) is 11.8 Å². The molecule has 1 heterocycles. The Hall–Kier alpha value is -3.08. The number of aldehydes is 1. The van der Waals surface area contributed by atoms with Gasteiger partial charge in [-0.2, -0.15) is 0 Å². The zero-order valence-corrected chi connectivity index (χ0v) is 17.2. The van der Waals surface area contributed by atoms with Crippen LogP contribution in [0.3, 0.4) is 0 Å². The normalized spacial score (nSPS) is 15.4. The van der Waals surface area contributed by atoms with Crippen molar-refractivity contribution < 1.29 is 19.4 Å². The standard InChI is InChI=1S/C25H27NO4/c1-16(25(28)29)10-18-6-9-24(30-15-17-4-2-3-5-17)22(11-18)19-7-8-23-21(12-19)20(14-27)13-26-23/h6-9,11-14,16-17,26H,2-5,10,15H2,1H3,(H,28,29). The van der Waals surface area contributed by atoms with Gasteiger partial charge in [-0.05, 0) is 60.6 Å². The Labute approximate surface area is 176 Å². The Balaban J connectivity index is 1.71. The first kappa shape index (κ1) is 20.2. The van der Waals surface area contributed by atoms with Crippen molar-refractivity contribution in [1.82, 2.24) is 4.98 Å². The molecule has 0 spiro atoms. The molecule has 1 atom stereocenters. The topological polar surface area (TPSA) is 79.4 Å². The fraction of sp³-hybridized carbons (Fsp3) is 0.360. The highest BCUT2D eigenvalue weighted by Crippen LogP contribution is 2.35. The molecule has 0 amide bonds. The Morgan fingerprint density at radius 1 is 1.23 bits per heavy atom. The summed E-state index contributed by atoms with van der Waals surface area (Å²) in [6, 6.07) is 11.9. The van der Waals surface area contributed by atoms with E-state index >= 15 is 0 Å². The van der Waals surface area contributed by atoms with Gasteiger partial charge in [-0.1, -0.05) is 31.9 Å². The van der Waals surface area contributed by atoms with Gasteiger partial charge < -0.3 is 14.8 Å². The van der Waals surface area contributed by atoms with E-state index in [9.17, 15) is 14.7 Å². The van der Waals surface area contributed by atoms with Crippen LogP contribution in [0, 0.1) is 11.8 Å². The van der Waals surface area contributed by atoms with Crippen molar-refractivity contribution in [2.75, 3.05) is 6.61 Å². The summed E-state index contributed by atoms with van der Waals surface area (Å²) in [6.45, 7) is 2.42. The molecule has 1 aliphatic carbocycles. The second kappa shape index (κ2) is 8.74. The third kappa shape index (κ3) is 4.25. The highest BCUT2D eigenvalue weighted by molar-refractivity contribution is 5.99. The van der Waals surface area contributed by atoms with Crippen LogP contribution in [0.15, 0.2) is 42.6 Å². The average Bonchev–Trinajstić information content (AvgIpc) is 3.41. The minimum atomic E-state index is -0.803. The van der Waals surface area contributed by atoms with Gasteiger partial charge in [-0.25, -0.2) is 0 Å². The summed E-state index contributed by atoms with van der Waals surface area (Å²) in [7, 11) is 0. The number of nitrogens with one attached hydrogen (secondary N) is 1. The number of carbonyl (C=O) groups excluding carboxylic acids is 1. The van der Waals surface area contributed by atoms with Crippen molar-refractivity contribution in [2.45, 2.75) is 39.0 Å². The van der Waals surface area contributed by atoms with Crippen molar-refractivity contribution in [3.63, 3.8) is 0 Å². The van der Waals surface area contributed by atoms with Gasteiger partial charge in [0.2, 0.25) is 0 Å². The van der Waals surface area contributed by atoms with Crippen LogP contribution in [0.1, 0.15) is 48.5 Å². The molecule has 4 rings (SSSR count). The summed E-state index contributed by atoms with van der Waals surface area (Å²) in [6.07, 6.45) is 7.98. The van der Waals surface area contributed by atoms with E-state index in [1.54, 1.807) is 13.1 Å². The molecule has 5 heteroatoms. The molecule has 2 N–H and O–H groups in total. The number of hydrogen-bond acceptors (Lipinski definition) is 3. The second-order valence-electron chi connectivity index (χ2n) is 8.36. The van der Waals surface area contributed by atoms with E-state index in [0.717, 1.165) is 39.6 Å². The van der Waals surface area contributed by atoms with Crippen molar-refractivity contribution >= 4 is 23.2 Å². The maximum atomic E-state index is 11.4. The van der Waals surface area contributed by atoms with Gasteiger partial charge >= 0.3 is 5.97 Å². The Bertz CT molecular complexity index is 1060. The minimum Gasteiger partial charge on any atom is -0.493 e. The van der Waals surface area contributed by atoms with Gasteiger partial charge in [0.25, 0.3) is 0 Å². The molecule has 0 bridgehead atoms. The summed E-state index contributed by atoms with van der Waals surface area (Å²) in [5.41, 5.74) is 4.37. The molecule has 156 valence electrons. The summed E-state index contributed by atoms with van der Waals surface area (Å²) >= 11 is 0. The molecule has 30 heavy (non-hydrogen) atoms. The van der Waals surface area contributed by atoms with Crippen LogP contribution < -0.4 is 4.74 Å². The zero-order valence-electron chi connectivity index (χ0n) is 17.2. The Kier molecular flexibility index (Phi) is 5.88. The summed E-state index contributed by atoms with van der Waals surface area (Å²) < 4.78 is 6.24. The predicted molar refractivity (Wildman–Crippen MR) is 117 cm³/mol. The number of aliphatic carboxylic acids is 1. The zero-order chi connectivity index (χ0) is 21.1. The number of aromatic nitrogens is 1. The molecule has 1 fully saturated rings. The summed E-state index contributed by atoms with van der Waals surface area (Å²) in [5.74, 6) is 0.133. The van der Waals surface area contributed by atoms with E-state index in [-0.39, 0.29) is 0 Å². The number of benzene rings is 2. The molecule has 0 saturated heterocycles. The van der Waals surface area contributed by atoms with E-state index in [1.807, 2.05) is 36.4 Å². The smallest absolute Gasteiger partial charge is 0.306 e. The van der Waals surface area contributed by atoms with Crippen molar-refractivity contribution in [3.05, 3.63) is 53.7 Å². The average molecular weight is 405 g/mol. The van der Waals surface area contributed by atoms with Gasteiger partial charge in [0.1, 0.15) is 5.75 Å². The summed E-state index contributed by atoms with van der Waals surface area (Å²) in [4.78, 5) is 25.8.